The number of aromatic nitrogens is 2. The summed E-state index contributed by atoms with van der Waals surface area (Å²) >= 11 is 0. The fourth-order valence-corrected chi connectivity index (χ4v) is 3.12. The van der Waals surface area contributed by atoms with Crippen LogP contribution in [0.2, 0.25) is 0 Å². The summed E-state index contributed by atoms with van der Waals surface area (Å²) in [5, 5.41) is 3.79. The van der Waals surface area contributed by atoms with Gasteiger partial charge in [-0.3, -0.25) is 0 Å². The lowest BCUT2D eigenvalue weighted by Crippen LogP contribution is -2.40. The number of nitrogens with zero attached hydrogens (tertiary/aromatic N) is 2. The van der Waals surface area contributed by atoms with Gasteiger partial charge in [-0.1, -0.05) is 23.4 Å². The summed E-state index contributed by atoms with van der Waals surface area (Å²) in [5.41, 5.74) is -0.0363. The normalized spacial score (nSPS) is 12.6. The van der Waals surface area contributed by atoms with Gasteiger partial charge in [-0.15, -0.1) is 0 Å². The van der Waals surface area contributed by atoms with Crippen LogP contribution < -0.4 is 4.72 Å². The van der Waals surface area contributed by atoms with Gasteiger partial charge in [0.2, 0.25) is 15.9 Å². The van der Waals surface area contributed by atoms with Crippen LogP contribution in [0.25, 0.3) is 0 Å². The highest BCUT2D eigenvalue weighted by molar-refractivity contribution is 7.88. The van der Waals surface area contributed by atoms with Gasteiger partial charge in [-0.25, -0.2) is 17.5 Å². The highest BCUT2D eigenvalue weighted by Gasteiger charge is 2.30. The maximum Gasteiger partial charge on any atom is 0.247 e. The molecule has 0 amide bonds. The van der Waals surface area contributed by atoms with E-state index in [1.807, 2.05) is 0 Å². The van der Waals surface area contributed by atoms with E-state index in [1.54, 1.807) is 39.0 Å². The molecule has 8 heteroatoms. The summed E-state index contributed by atoms with van der Waals surface area (Å²) in [6.07, 6.45) is 1.22. The zero-order valence-electron chi connectivity index (χ0n) is 12.8. The molecular formula is C14H18FN3O3S. The lowest BCUT2D eigenvalue weighted by molar-refractivity contribution is 0.294. The molecule has 0 aliphatic heterocycles. The number of hydrogen-bond donors (Lipinski definition) is 1. The molecule has 1 heterocycles. The highest BCUT2D eigenvalue weighted by Crippen LogP contribution is 2.20. The van der Waals surface area contributed by atoms with Crippen molar-refractivity contribution in [2.45, 2.75) is 32.7 Å². The standard InChI is InChI=1S/C14H18FN3O3S/c1-9-6-5-7-10(12(9)15)8-11-16-13(21-17-11)14(2,3)18-22(4,19)20/h5-7,18H,8H2,1-4H3. The quantitative estimate of drug-likeness (QED) is 0.906. The van der Waals surface area contributed by atoms with E-state index in [0.717, 1.165) is 6.26 Å². The first-order valence-corrected chi connectivity index (χ1v) is 8.53. The molecule has 0 spiro atoms. The molecule has 2 rings (SSSR count). The summed E-state index contributed by atoms with van der Waals surface area (Å²) in [4.78, 5) is 4.16. The van der Waals surface area contributed by atoms with Crippen molar-refractivity contribution in [3.8, 4) is 0 Å². The largest absolute Gasteiger partial charge is 0.337 e. The summed E-state index contributed by atoms with van der Waals surface area (Å²) < 4.78 is 44.2. The van der Waals surface area contributed by atoms with Crippen LogP contribution in [0.15, 0.2) is 22.7 Å². The molecule has 1 N–H and O–H groups in total. The maximum absolute atomic E-state index is 14.0. The lowest BCUT2D eigenvalue weighted by Gasteiger charge is -2.19. The van der Waals surface area contributed by atoms with Gasteiger partial charge in [0.1, 0.15) is 11.4 Å². The minimum absolute atomic E-state index is 0.126. The molecule has 0 saturated heterocycles. The van der Waals surface area contributed by atoms with Gasteiger partial charge in [0.05, 0.1) is 6.26 Å². The molecule has 0 fully saturated rings. The molecule has 22 heavy (non-hydrogen) atoms. The topological polar surface area (TPSA) is 85.1 Å². The van der Waals surface area contributed by atoms with Crippen molar-refractivity contribution in [1.29, 1.82) is 0 Å². The van der Waals surface area contributed by atoms with Gasteiger partial charge >= 0.3 is 0 Å². The first kappa shape index (κ1) is 16.6. The van der Waals surface area contributed by atoms with Crippen LogP contribution in [0.4, 0.5) is 4.39 Å². The van der Waals surface area contributed by atoms with Gasteiger partial charge in [0.25, 0.3) is 0 Å². The number of nitrogens with one attached hydrogen (secondary N) is 1. The van der Waals surface area contributed by atoms with E-state index in [4.69, 9.17) is 4.52 Å². The minimum Gasteiger partial charge on any atom is -0.337 e. The van der Waals surface area contributed by atoms with E-state index in [-0.39, 0.29) is 18.1 Å². The summed E-state index contributed by atoms with van der Waals surface area (Å²) in [6.45, 7) is 4.90. The Kier molecular flexibility index (Phi) is 4.35. The predicted molar refractivity (Wildman–Crippen MR) is 79.2 cm³/mol. The van der Waals surface area contributed by atoms with Crippen LogP contribution >= 0.6 is 0 Å². The van der Waals surface area contributed by atoms with E-state index in [1.165, 1.54) is 0 Å². The molecule has 6 nitrogen and oxygen atoms in total. The van der Waals surface area contributed by atoms with Gasteiger partial charge < -0.3 is 4.52 Å². The van der Waals surface area contributed by atoms with Crippen LogP contribution in [-0.4, -0.2) is 24.8 Å². The first-order chi connectivity index (χ1) is 10.1. The number of sulfonamides is 1. The fraction of sp³-hybridized carbons (Fsp3) is 0.429. The van der Waals surface area contributed by atoms with Crippen molar-refractivity contribution in [1.82, 2.24) is 14.9 Å². The second-order valence-corrected chi connectivity index (χ2v) is 7.49. The molecular weight excluding hydrogens is 309 g/mol. The average molecular weight is 327 g/mol. The Morgan fingerprint density at radius 3 is 2.68 bits per heavy atom. The van der Waals surface area contributed by atoms with E-state index < -0.39 is 15.6 Å². The molecule has 120 valence electrons. The smallest absolute Gasteiger partial charge is 0.247 e. The Bertz CT molecular complexity index is 784. The Morgan fingerprint density at radius 1 is 1.36 bits per heavy atom. The zero-order valence-corrected chi connectivity index (χ0v) is 13.7. The predicted octanol–water partition coefficient (Wildman–Crippen LogP) is 1.89. The van der Waals surface area contributed by atoms with Crippen LogP contribution in [0.5, 0.6) is 0 Å². The molecule has 0 aliphatic rings. The Hall–Kier alpha value is -1.80. The van der Waals surface area contributed by atoms with E-state index >= 15 is 0 Å². The van der Waals surface area contributed by atoms with Crippen molar-refractivity contribution in [3.63, 3.8) is 0 Å². The number of benzene rings is 1. The van der Waals surface area contributed by atoms with Crippen LogP contribution in [0.1, 0.15) is 36.7 Å². The summed E-state index contributed by atoms with van der Waals surface area (Å²) in [5.74, 6) is 0.117. The van der Waals surface area contributed by atoms with Gasteiger partial charge in [0.15, 0.2) is 5.82 Å². The Labute approximate surface area is 128 Å². The lowest BCUT2D eigenvalue weighted by atomic mass is 10.1. The zero-order chi connectivity index (χ0) is 16.5. The average Bonchev–Trinajstić information content (AvgIpc) is 2.81. The molecule has 2 aromatic rings. The van der Waals surface area contributed by atoms with E-state index in [9.17, 15) is 12.8 Å². The molecule has 1 aromatic carbocycles. The molecule has 1 aromatic heterocycles. The molecule has 0 radical (unpaired) electrons. The number of aryl methyl sites for hydroxylation is 1. The third kappa shape index (κ3) is 3.89. The van der Waals surface area contributed by atoms with Crippen LogP contribution in [-0.2, 0) is 22.0 Å². The van der Waals surface area contributed by atoms with Crippen molar-refractivity contribution in [2.75, 3.05) is 6.26 Å². The van der Waals surface area contributed by atoms with Crippen molar-refractivity contribution < 1.29 is 17.3 Å². The second-order valence-electron chi connectivity index (χ2n) is 5.74. The molecule has 0 aliphatic carbocycles. The molecule has 0 atom stereocenters. The maximum atomic E-state index is 14.0. The molecule has 0 bridgehead atoms. The monoisotopic (exact) mass is 327 g/mol. The minimum atomic E-state index is -3.43. The van der Waals surface area contributed by atoms with Crippen LogP contribution in [0, 0.1) is 12.7 Å². The summed E-state index contributed by atoms with van der Waals surface area (Å²) in [6, 6.07) is 5.09. The third-order valence-electron chi connectivity index (χ3n) is 3.06. The molecule has 0 unspecified atom stereocenters. The SMILES string of the molecule is Cc1cccc(Cc2noc(C(C)(C)NS(C)(=O)=O)n2)c1F. The van der Waals surface area contributed by atoms with Crippen molar-refractivity contribution >= 4 is 10.0 Å². The third-order valence-corrected chi connectivity index (χ3v) is 3.94. The first-order valence-electron chi connectivity index (χ1n) is 6.64. The summed E-state index contributed by atoms with van der Waals surface area (Å²) in [7, 11) is -3.43. The fourth-order valence-electron chi connectivity index (χ4n) is 2.10. The van der Waals surface area contributed by atoms with E-state index in [0.29, 0.717) is 17.0 Å². The van der Waals surface area contributed by atoms with Gasteiger partial charge in [-0.05, 0) is 31.9 Å². The number of rotatable bonds is 5. The molecule has 0 saturated carbocycles. The van der Waals surface area contributed by atoms with Gasteiger partial charge in [-0.2, -0.15) is 4.98 Å². The highest BCUT2D eigenvalue weighted by atomic mass is 32.2. The van der Waals surface area contributed by atoms with Crippen molar-refractivity contribution in [2.24, 2.45) is 0 Å². The van der Waals surface area contributed by atoms with Crippen LogP contribution in [0.3, 0.4) is 0 Å². The number of halogens is 1. The van der Waals surface area contributed by atoms with Crippen molar-refractivity contribution in [3.05, 3.63) is 46.9 Å². The van der Waals surface area contributed by atoms with E-state index in [2.05, 4.69) is 14.9 Å². The number of hydrogen-bond acceptors (Lipinski definition) is 5. The second kappa shape index (κ2) is 5.77. The Morgan fingerprint density at radius 2 is 2.05 bits per heavy atom. The van der Waals surface area contributed by atoms with Gasteiger partial charge in [0, 0.05) is 6.42 Å². The Balaban J connectivity index is 2.23.